The highest BCUT2D eigenvalue weighted by molar-refractivity contribution is 6.33. The van der Waals surface area contributed by atoms with Crippen LogP contribution in [-0.2, 0) is 11.0 Å². The van der Waals surface area contributed by atoms with Crippen molar-refractivity contribution in [2.75, 3.05) is 31.1 Å². The number of aromatic nitrogens is 3. The van der Waals surface area contributed by atoms with E-state index in [1.54, 1.807) is 18.5 Å². The Labute approximate surface area is 200 Å². The van der Waals surface area contributed by atoms with E-state index in [0.29, 0.717) is 66.0 Å². The van der Waals surface area contributed by atoms with Crippen LogP contribution in [0, 0.1) is 0 Å². The Kier molecular flexibility index (Phi) is 7.02. The number of rotatable bonds is 5. The number of pyridine rings is 1. The number of hydrogen-bond acceptors (Lipinski definition) is 5. The van der Waals surface area contributed by atoms with Gasteiger partial charge in [0.1, 0.15) is 11.5 Å². The third kappa shape index (κ3) is 5.14. The van der Waals surface area contributed by atoms with Crippen LogP contribution in [0.5, 0.6) is 0 Å². The third-order valence-corrected chi connectivity index (χ3v) is 5.99. The van der Waals surface area contributed by atoms with Crippen molar-refractivity contribution in [2.24, 2.45) is 0 Å². The Morgan fingerprint density at radius 3 is 2.35 bits per heavy atom. The van der Waals surface area contributed by atoms with Crippen LogP contribution in [0.15, 0.2) is 48.9 Å². The molecule has 0 atom stereocenters. The summed E-state index contributed by atoms with van der Waals surface area (Å²) < 4.78 is 39.0. The van der Waals surface area contributed by atoms with Crippen LogP contribution in [0.4, 0.5) is 19.0 Å². The van der Waals surface area contributed by atoms with Gasteiger partial charge in [0.15, 0.2) is 0 Å². The maximum Gasteiger partial charge on any atom is 0.416 e. The Morgan fingerprint density at radius 2 is 1.74 bits per heavy atom. The number of anilines is 1. The Morgan fingerprint density at radius 1 is 1.03 bits per heavy atom. The summed E-state index contributed by atoms with van der Waals surface area (Å²) in [5.41, 5.74) is 1.21. The molecule has 0 radical (unpaired) electrons. The molecule has 2 aromatic heterocycles. The minimum atomic E-state index is -4.42. The molecule has 1 aliphatic rings. The van der Waals surface area contributed by atoms with Crippen molar-refractivity contribution in [3.8, 4) is 22.5 Å². The summed E-state index contributed by atoms with van der Waals surface area (Å²) in [4.78, 5) is 29.5. The minimum Gasteiger partial charge on any atom is -0.352 e. The van der Waals surface area contributed by atoms with E-state index in [2.05, 4.69) is 9.97 Å². The van der Waals surface area contributed by atoms with Gasteiger partial charge in [-0.25, -0.2) is 4.98 Å². The summed E-state index contributed by atoms with van der Waals surface area (Å²) in [5, 5.41) is 0.358. The SMILES string of the molecule is CCCC(=O)N1CCN(c2cnc(-c3ccc(C(F)(F)F)cc3)c(-c3ccncc3Cl)n2)CC1. The topological polar surface area (TPSA) is 62.2 Å². The number of benzene rings is 1. The Bertz CT molecular complexity index is 1160. The zero-order valence-electron chi connectivity index (χ0n) is 18.5. The fourth-order valence-electron chi connectivity index (χ4n) is 3.87. The highest BCUT2D eigenvalue weighted by Gasteiger charge is 2.30. The summed E-state index contributed by atoms with van der Waals surface area (Å²) >= 11 is 6.39. The molecule has 1 amide bonds. The fraction of sp³-hybridized carbons (Fsp3) is 0.333. The molecule has 34 heavy (non-hydrogen) atoms. The molecule has 0 saturated carbocycles. The van der Waals surface area contributed by atoms with Gasteiger partial charge in [-0.3, -0.25) is 14.8 Å². The molecule has 3 aromatic rings. The minimum absolute atomic E-state index is 0.148. The number of piperazine rings is 1. The first-order valence-corrected chi connectivity index (χ1v) is 11.3. The van der Waals surface area contributed by atoms with Gasteiger partial charge in [0.25, 0.3) is 0 Å². The molecule has 0 spiro atoms. The highest BCUT2D eigenvalue weighted by atomic mass is 35.5. The van der Waals surface area contributed by atoms with Gasteiger partial charge in [0, 0.05) is 56.1 Å². The third-order valence-electron chi connectivity index (χ3n) is 5.69. The van der Waals surface area contributed by atoms with E-state index in [4.69, 9.17) is 16.6 Å². The molecule has 1 fully saturated rings. The largest absolute Gasteiger partial charge is 0.416 e. The van der Waals surface area contributed by atoms with Crippen LogP contribution in [0.2, 0.25) is 5.02 Å². The van der Waals surface area contributed by atoms with E-state index in [0.717, 1.165) is 18.6 Å². The number of hydrogen-bond donors (Lipinski definition) is 0. The highest BCUT2D eigenvalue weighted by Crippen LogP contribution is 2.36. The first-order chi connectivity index (χ1) is 16.3. The van der Waals surface area contributed by atoms with Crippen molar-refractivity contribution in [3.05, 3.63) is 59.5 Å². The maximum absolute atomic E-state index is 13.0. The van der Waals surface area contributed by atoms with Crippen LogP contribution in [0.25, 0.3) is 22.5 Å². The molecule has 6 nitrogen and oxygen atoms in total. The number of amides is 1. The number of carbonyl (C=O) groups is 1. The molecule has 3 heterocycles. The summed E-state index contributed by atoms with van der Waals surface area (Å²) in [5.74, 6) is 0.760. The van der Waals surface area contributed by atoms with E-state index in [9.17, 15) is 18.0 Å². The monoisotopic (exact) mass is 489 g/mol. The van der Waals surface area contributed by atoms with E-state index in [1.165, 1.54) is 18.3 Å². The van der Waals surface area contributed by atoms with Gasteiger partial charge in [-0.1, -0.05) is 30.7 Å². The van der Waals surface area contributed by atoms with E-state index >= 15 is 0 Å². The van der Waals surface area contributed by atoms with Crippen molar-refractivity contribution >= 4 is 23.3 Å². The van der Waals surface area contributed by atoms with Crippen molar-refractivity contribution < 1.29 is 18.0 Å². The van der Waals surface area contributed by atoms with Gasteiger partial charge < -0.3 is 9.80 Å². The van der Waals surface area contributed by atoms with Gasteiger partial charge in [0.05, 0.1) is 22.5 Å². The van der Waals surface area contributed by atoms with Crippen LogP contribution in [0.1, 0.15) is 25.3 Å². The maximum atomic E-state index is 13.0. The molecule has 1 aliphatic heterocycles. The molecule has 1 saturated heterocycles. The van der Waals surface area contributed by atoms with Crippen molar-refractivity contribution in [1.29, 1.82) is 0 Å². The number of carbonyl (C=O) groups excluding carboxylic acids is 1. The Balaban J connectivity index is 1.68. The Hall–Kier alpha value is -3.20. The predicted molar refractivity (Wildman–Crippen MR) is 124 cm³/mol. The average Bonchev–Trinajstić information content (AvgIpc) is 2.84. The first-order valence-electron chi connectivity index (χ1n) is 10.9. The molecule has 1 aromatic carbocycles. The molecule has 4 rings (SSSR count). The predicted octanol–water partition coefficient (Wildman–Crippen LogP) is 5.33. The summed E-state index contributed by atoms with van der Waals surface area (Å²) in [6, 6.07) is 6.50. The lowest BCUT2D eigenvalue weighted by Crippen LogP contribution is -2.49. The molecular weight excluding hydrogens is 467 g/mol. The van der Waals surface area contributed by atoms with Gasteiger partial charge in [0.2, 0.25) is 5.91 Å². The van der Waals surface area contributed by atoms with Crippen molar-refractivity contribution in [2.45, 2.75) is 25.9 Å². The lowest BCUT2D eigenvalue weighted by atomic mass is 10.0. The van der Waals surface area contributed by atoms with Gasteiger partial charge in [-0.2, -0.15) is 13.2 Å². The summed E-state index contributed by atoms with van der Waals surface area (Å²) in [7, 11) is 0. The van der Waals surface area contributed by atoms with Crippen LogP contribution in [0.3, 0.4) is 0 Å². The smallest absolute Gasteiger partial charge is 0.352 e. The molecule has 0 bridgehead atoms. The average molecular weight is 490 g/mol. The van der Waals surface area contributed by atoms with E-state index in [-0.39, 0.29) is 5.91 Å². The van der Waals surface area contributed by atoms with Gasteiger partial charge in [-0.05, 0) is 24.6 Å². The van der Waals surface area contributed by atoms with Gasteiger partial charge >= 0.3 is 6.18 Å². The normalized spacial score (nSPS) is 14.4. The van der Waals surface area contributed by atoms with E-state index < -0.39 is 11.7 Å². The second kappa shape index (κ2) is 9.97. The first kappa shape index (κ1) is 23.9. The molecule has 10 heteroatoms. The van der Waals surface area contributed by atoms with E-state index in [1.807, 2.05) is 16.7 Å². The zero-order chi connectivity index (χ0) is 24.3. The molecule has 178 valence electrons. The second-order valence-corrected chi connectivity index (χ2v) is 8.38. The fourth-order valence-corrected chi connectivity index (χ4v) is 4.08. The van der Waals surface area contributed by atoms with Crippen LogP contribution >= 0.6 is 11.6 Å². The van der Waals surface area contributed by atoms with Crippen molar-refractivity contribution in [1.82, 2.24) is 19.9 Å². The van der Waals surface area contributed by atoms with Crippen LogP contribution < -0.4 is 4.90 Å². The lowest BCUT2D eigenvalue weighted by Gasteiger charge is -2.35. The number of halogens is 4. The molecule has 0 unspecified atom stereocenters. The molecule has 0 N–H and O–H groups in total. The van der Waals surface area contributed by atoms with Crippen molar-refractivity contribution in [3.63, 3.8) is 0 Å². The lowest BCUT2D eigenvalue weighted by molar-refractivity contribution is -0.137. The molecular formula is C24H23ClF3N5O. The summed E-state index contributed by atoms with van der Waals surface area (Å²) in [6.45, 7) is 4.37. The summed E-state index contributed by atoms with van der Waals surface area (Å²) in [6.07, 6.45) is 1.59. The number of nitrogens with zero attached hydrogens (tertiary/aromatic N) is 5. The molecule has 0 aliphatic carbocycles. The number of alkyl halides is 3. The zero-order valence-corrected chi connectivity index (χ0v) is 19.3. The quantitative estimate of drug-likeness (QED) is 0.485. The van der Waals surface area contributed by atoms with Crippen LogP contribution in [-0.4, -0.2) is 51.9 Å². The second-order valence-electron chi connectivity index (χ2n) is 7.97. The standard InChI is InChI=1S/C24H23ClF3N5O/c1-2-3-21(34)33-12-10-32(11-13-33)20-15-30-22(16-4-6-17(7-5-16)24(26,27)28)23(31-20)18-8-9-29-14-19(18)25/h4-9,14-15H,2-3,10-13H2,1H3. The van der Waals surface area contributed by atoms with Gasteiger partial charge in [-0.15, -0.1) is 0 Å².